The number of carbonyl (C=O) groups excluding carboxylic acids is 2. The molecule has 2 amide bonds. The smallest absolute Gasteiger partial charge is 0.281 e. The molecule has 1 aliphatic heterocycles. The maximum Gasteiger partial charge on any atom is 0.281 e. The summed E-state index contributed by atoms with van der Waals surface area (Å²) in [7, 11) is 1.26. The van der Waals surface area contributed by atoms with Crippen LogP contribution in [0.5, 0.6) is 5.88 Å². The van der Waals surface area contributed by atoms with Crippen LogP contribution < -0.4 is 15.0 Å². The largest absolute Gasteiger partial charge is 0.479 e. The van der Waals surface area contributed by atoms with Gasteiger partial charge >= 0.3 is 0 Å². The fourth-order valence-electron chi connectivity index (χ4n) is 5.72. The van der Waals surface area contributed by atoms with Gasteiger partial charge in [-0.05, 0) is 56.7 Å². The molecule has 1 unspecified atom stereocenters. The van der Waals surface area contributed by atoms with Gasteiger partial charge in [-0.3, -0.25) is 14.6 Å². The monoisotopic (exact) mass is 588 g/mol. The average molecular weight is 589 g/mol. The van der Waals surface area contributed by atoms with Gasteiger partial charge in [-0.1, -0.05) is 29.8 Å². The molecule has 1 aromatic carbocycles. The normalized spacial score (nSPS) is 22.1. The first-order valence-electron chi connectivity index (χ1n) is 13.1. The molecule has 2 aliphatic rings. The van der Waals surface area contributed by atoms with E-state index >= 15 is 4.39 Å². The number of para-hydroxylation sites is 1. The van der Waals surface area contributed by atoms with Gasteiger partial charge in [0.15, 0.2) is 11.4 Å². The molecule has 0 saturated heterocycles. The van der Waals surface area contributed by atoms with Crippen LogP contribution in [0.4, 0.5) is 18.9 Å². The van der Waals surface area contributed by atoms with Gasteiger partial charge in [0.25, 0.3) is 24.1 Å². The lowest BCUT2D eigenvalue weighted by Crippen LogP contribution is -2.45. The molecule has 1 fully saturated rings. The Kier molecular flexibility index (Phi) is 7.93. The summed E-state index contributed by atoms with van der Waals surface area (Å²) in [5, 5.41) is 14.7. The number of fused-ring (bicyclic) bond motifs is 1. The molecule has 216 valence electrons. The predicted octanol–water partition coefficient (Wildman–Crippen LogP) is 5.10. The molecule has 2 aromatic heterocycles. The summed E-state index contributed by atoms with van der Waals surface area (Å²) in [6.45, 7) is 1.89. The molecule has 0 bridgehead atoms. The Hall–Kier alpha value is -3.70. The summed E-state index contributed by atoms with van der Waals surface area (Å²) in [6, 6.07) is 8.98. The molecular formula is C29H28ClF3N4O4. The Morgan fingerprint density at radius 3 is 2.61 bits per heavy atom. The molecule has 8 nitrogen and oxygen atoms in total. The SMILES string of the molecule is COc1nc(C)cc(C2(O)C(=O)N(C[C@H]3CC[C@H](NC(=O)c4cc(Cl)cnc4C(F)F)CC3)c3ccccc32)c1F. The number of alkyl halides is 2. The van der Waals surface area contributed by atoms with E-state index in [4.69, 9.17) is 16.3 Å². The Morgan fingerprint density at radius 1 is 1.22 bits per heavy atom. The number of benzene rings is 1. The molecule has 1 atom stereocenters. The van der Waals surface area contributed by atoms with E-state index in [2.05, 4.69) is 15.3 Å². The zero-order valence-electron chi connectivity index (χ0n) is 22.3. The quantitative estimate of drug-likeness (QED) is 0.398. The lowest BCUT2D eigenvalue weighted by Gasteiger charge is -2.32. The van der Waals surface area contributed by atoms with Gasteiger partial charge in [0.1, 0.15) is 5.69 Å². The first-order chi connectivity index (χ1) is 19.5. The van der Waals surface area contributed by atoms with Crippen LogP contribution in [0.2, 0.25) is 5.02 Å². The maximum absolute atomic E-state index is 15.4. The number of halogens is 4. The third kappa shape index (κ3) is 5.24. The lowest BCUT2D eigenvalue weighted by molar-refractivity contribution is -0.132. The van der Waals surface area contributed by atoms with Gasteiger partial charge < -0.3 is 20.1 Å². The van der Waals surface area contributed by atoms with E-state index in [0.29, 0.717) is 37.1 Å². The maximum atomic E-state index is 15.4. The van der Waals surface area contributed by atoms with Crippen molar-refractivity contribution < 1.29 is 32.6 Å². The standard InChI is InChI=1S/C29H28ClF3N4O4/c1-15-11-21(23(31)27(35-15)41-2)29(40)20-5-3-4-6-22(20)37(28(29)39)14-16-7-9-18(10-8-16)36-26(38)19-12-17(30)13-34-24(19)25(32)33/h3-6,11-13,16,18,25,40H,7-10,14H2,1-2H3,(H,36,38)/t16-,18-,29?. The molecule has 1 aliphatic carbocycles. The van der Waals surface area contributed by atoms with Crippen molar-refractivity contribution in [2.45, 2.75) is 50.7 Å². The number of aliphatic hydroxyl groups is 1. The third-order valence-electron chi connectivity index (χ3n) is 7.74. The van der Waals surface area contributed by atoms with Crippen molar-refractivity contribution in [2.75, 3.05) is 18.6 Å². The number of amides is 2. The minimum atomic E-state index is -2.92. The van der Waals surface area contributed by atoms with Gasteiger partial charge in [-0.15, -0.1) is 0 Å². The number of ether oxygens (including phenoxy) is 1. The van der Waals surface area contributed by atoms with Gasteiger partial charge in [0, 0.05) is 35.6 Å². The topological polar surface area (TPSA) is 105 Å². The zero-order chi connectivity index (χ0) is 29.5. The molecule has 3 heterocycles. The van der Waals surface area contributed by atoms with Crippen molar-refractivity contribution in [3.8, 4) is 5.88 Å². The molecular weight excluding hydrogens is 561 g/mol. The second kappa shape index (κ2) is 11.3. The number of rotatable bonds is 7. The summed E-state index contributed by atoms with van der Waals surface area (Å²) in [6.07, 6.45) is 0.511. The number of aromatic nitrogens is 2. The Labute approximate surface area is 239 Å². The molecule has 12 heteroatoms. The van der Waals surface area contributed by atoms with Crippen LogP contribution in [0.3, 0.4) is 0 Å². The number of aryl methyl sites for hydroxylation is 1. The number of nitrogens with one attached hydrogen (secondary N) is 1. The molecule has 41 heavy (non-hydrogen) atoms. The summed E-state index contributed by atoms with van der Waals surface area (Å²) in [5.41, 5.74) is -2.25. The van der Waals surface area contributed by atoms with Crippen LogP contribution >= 0.6 is 11.6 Å². The van der Waals surface area contributed by atoms with E-state index in [9.17, 15) is 23.5 Å². The number of nitrogens with zero attached hydrogens (tertiary/aromatic N) is 3. The molecule has 0 radical (unpaired) electrons. The van der Waals surface area contributed by atoms with Crippen molar-refractivity contribution in [3.63, 3.8) is 0 Å². The lowest BCUT2D eigenvalue weighted by atomic mass is 9.85. The van der Waals surface area contributed by atoms with Gasteiger partial charge in [0.2, 0.25) is 0 Å². The molecule has 3 aromatic rings. The van der Waals surface area contributed by atoms with E-state index in [1.54, 1.807) is 31.2 Å². The Balaban J connectivity index is 1.31. The number of carbonyl (C=O) groups is 2. The first kappa shape index (κ1) is 28.8. The minimum absolute atomic E-state index is 0.0190. The highest BCUT2D eigenvalue weighted by Crippen LogP contribution is 2.47. The van der Waals surface area contributed by atoms with Crippen LogP contribution in [0.15, 0.2) is 42.6 Å². The minimum Gasteiger partial charge on any atom is -0.479 e. The van der Waals surface area contributed by atoms with Crippen molar-refractivity contribution in [1.82, 2.24) is 15.3 Å². The van der Waals surface area contributed by atoms with Crippen molar-refractivity contribution >= 4 is 29.1 Å². The predicted molar refractivity (Wildman–Crippen MR) is 145 cm³/mol. The molecule has 5 rings (SSSR count). The molecule has 2 N–H and O–H groups in total. The van der Waals surface area contributed by atoms with Crippen LogP contribution in [0.1, 0.15) is 65.0 Å². The second-order valence-corrected chi connectivity index (χ2v) is 10.8. The number of pyridine rings is 2. The van der Waals surface area contributed by atoms with Gasteiger partial charge in [-0.2, -0.15) is 0 Å². The van der Waals surface area contributed by atoms with Gasteiger partial charge in [0.05, 0.1) is 23.4 Å². The van der Waals surface area contributed by atoms with Crippen molar-refractivity contribution in [2.24, 2.45) is 5.92 Å². The number of anilines is 1. The van der Waals surface area contributed by atoms with E-state index in [1.807, 2.05) is 0 Å². The van der Waals surface area contributed by atoms with E-state index < -0.39 is 35.4 Å². The van der Waals surface area contributed by atoms with Crippen LogP contribution in [0, 0.1) is 18.7 Å². The summed E-state index contributed by atoms with van der Waals surface area (Å²) >= 11 is 5.88. The second-order valence-electron chi connectivity index (χ2n) is 10.4. The number of methoxy groups -OCH3 is 1. The number of hydrogen-bond donors (Lipinski definition) is 2. The highest BCUT2D eigenvalue weighted by Gasteiger charge is 2.53. The van der Waals surface area contributed by atoms with E-state index in [-0.39, 0.29) is 46.1 Å². The zero-order valence-corrected chi connectivity index (χ0v) is 23.1. The summed E-state index contributed by atoms with van der Waals surface area (Å²) in [4.78, 5) is 35.7. The van der Waals surface area contributed by atoms with Crippen LogP contribution in [0.25, 0.3) is 0 Å². The highest BCUT2D eigenvalue weighted by molar-refractivity contribution is 6.30. The Morgan fingerprint density at radius 2 is 1.93 bits per heavy atom. The summed E-state index contributed by atoms with van der Waals surface area (Å²) < 4.78 is 47.1. The van der Waals surface area contributed by atoms with Crippen molar-refractivity contribution in [3.05, 3.63) is 81.5 Å². The van der Waals surface area contributed by atoms with Crippen molar-refractivity contribution in [1.29, 1.82) is 0 Å². The molecule has 0 spiro atoms. The van der Waals surface area contributed by atoms with E-state index in [1.165, 1.54) is 24.1 Å². The highest BCUT2D eigenvalue weighted by atomic mass is 35.5. The van der Waals surface area contributed by atoms with Gasteiger partial charge in [-0.25, -0.2) is 18.2 Å². The number of hydrogen-bond acceptors (Lipinski definition) is 6. The molecule has 1 saturated carbocycles. The fraction of sp³-hybridized carbons (Fsp3) is 0.379. The first-order valence-corrected chi connectivity index (χ1v) is 13.5. The average Bonchev–Trinajstić information content (AvgIpc) is 3.17. The Bertz CT molecular complexity index is 1500. The van der Waals surface area contributed by atoms with Crippen LogP contribution in [-0.4, -0.2) is 46.6 Å². The van der Waals surface area contributed by atoms with Crippen LogP contribution in [-0.2, 0) is 10.4 Å². The fourth-order valence-corrected chi connectivity index (χ4v) is 5.88. The summed E-state index contributed by atoms with van der Waals surface area (Å²) in [5.74, 6) is -2.55. The van der Waals surface area contributed by atoms with E-state index in [0.717, 1.165) is 6.20 Å². The third-order valence-corrected chi connectivity index (χ3v) is 7.94.